The molecule has 1 unspecified atom stereocenters. The van der Waals surface area contributed by atoms with Gasteiger partial charge in [-0.15, -0.1) is 11.3 Å². The number of hydrogen-bond acceptors (Lipinski definition) is 4. The first-order valence-electron chi connectivity index (χ1n) is 6.32. The highest BCUT2D eigenvalue weighted by molar-refractivity contribution is 7.10. The van der Waals surface area contributed by atoms with Crippen molar-refractivity contribution in [3.63, 3.8) is 0 Å². The summed E-state index contributed by atoms with van der Waals surface area (Å²) in [6, 6.07) is 4.57. The first kappa shape index (κ1) is 13.0. The number of nitrogens with two attached hydrogens (primary N) is 1. The molecule has 1 fully saturated rings. The van der Waals surface area contributed by atoms with Gasteiger partial charge < -0.3 is 10.5 Å². The molecule has 1 heterocycles. The van der Waals surface area contributed by atoms with Crippen LogP contribution < -0.4 is 5.73 Å². The minimum absolute atomic E-state index is 0.333. The third-order valence-electron chi connectivity index (χ3n) is 3.27. The van der Waals surface area contributed by atoms with Crippen LogP contribution in [0.15, 0.2) is 17.5 Å². The summed E-state index contributed by atoms with van der Waals surface area (Å²) in [5.41, 5.74) is 5.85. The SMILES string of the molecule is CN(CCOCC1CC1)C(CN)c1cccs1. The zero-order valence-electron chi connectivity index (χ0n) is 10.5. The molecule has 1 atom stereocenters. The van der Waals surface area contributed by atoms with Gasteiger partial charge in [-0.05, 0) is 37.3 Å². The molecule has 1 aromatic heterocycles. The molecule has 0 bridgehead atoms. The molecule has 2 rings (SSSR count). The number of ether oxygens (including phenoxy) is 1. The van der Waals surface area contributed by atoms with Crippen molar-refractivity contribution in [2.45, 2.75) is 18.9 Å². The molecule has 0 amide bonds. The average molecular weight is 254 g/mol. The maximum Gasteiger partial charge on any atom is 0.0593 e. The summed E-state index contributed by atoms with van der Waals surface area (Å²) >= 11 is 1.78. The van der Waals surface area contributed by atoms with E-state index in [1.165, 1.54) is 17.7 Å². The van der Waals surface area contributed by atoms with E-state index in [4.69, 9.17) is 10.5 Å². The molecule has 1 aliphatic rings. The van der Waals surface area contributed by atoms with E-state index in [-0.39, 0.29) is 0 Å². The Labute approximate surface area is 108 Å². The number of nitrogens with zero attached hydrogens (tertiary/aromatic N) is 1. The van der Waals surface area contributed by atoms with Crippen LogP contribution in [-0.2, 0) is 4.74 Å². The van der Waals surface area contributed by atoms with E-state index in [2.05, 4.69) is 29.5 Å². The van der Waals surface area contributed by atoms with Crippen LogP contribution in [0.4, 0.5) is 0 Å². The Balaban J connectivity index is 1.70. The molecule has 0 radical (unpaired) electrons. The summed E-state index contributed by atoms with van der Waals surface area (Å²) in [4.78, 5) is 3.64. The fraction of sp³-hybridized carbons (Fsp3) is 0.692. The first-order valence-corrected chi connectivity index (χ1v) is 7.20. The molecule has 2 N–H and O–H groups in total. The molecule has 3 nitrogen and oxygen atoms in total. The quantitative estimate of drug-likeness (QED) is 0.722. The summed E-state index contributed by atoms with van der Waals surface area (Å²) in [5, 5.41) is 2.11. The van der Waals surface area contributed by atoms with Gasteiger partial charge in [0.15, 0.2) is 0 Å². The molecule has 1 aliphatic carbocycles. The van der Waals surface area contributed by atoms with Crippen LogP contribution in [0.3, 0.4) is 0 Å². The minimum Gasteiger partial charge on any atom is -0.380 e. The normalized spacial score (nSPS) is 17.6. The van der Waals surface area contributed by atoms with Gasteiger partial charge in [-0.1, -0.05) is 6.07 Å². The number of hydrogen-bond donors (Lipinski definition) is 1. The molecule has 0 aromatic carbocycles. The van der Waals surface area contributed by atoms with E-state index in [9.17, 15) is 0 Å². The Morgan fingerprint density at radius 1 is 1.59 bits per heavy atom. The highest BCUT2D eigenvalue weighted by Crippen LogP contribution is 2.28. The summed E-state index contributed by atoms with van der Waals surface area (Å²) < 4.78 is 5.66. The summed E-state index contributed by atoms with van der Waals surface area (Å²) in [6.45, 7) is 3.38. The van der Waals surface area contributed by atoms with E-state index in [0.29, 0.717) is 12.6 Å². The van der Waals surface area contributed by atoms with E-state index in [1.54, 1.807) is 11.3 Å². The maximum absolute atomic E-state index is 5.85. The fourth-order valence-corrected chi connectivity index (χ4v) is 2.80. The van der Waals surface area contributed by atoms with Crippen molar-refractivity contribution in [1.29, 1.82) is 0 Å². The Morgan fingerprint density at radius 3 is 3.00 bits per heavy atom. The van der Waals surface area contributed by atoms with Crippen LogP contribution in [0.25, 0.3) is 0 Å². The van der Waals surface area contributed by atoms with Crippen LogP contribution in [0.5, 0.6) is 0 Å². The van der Waals surface area contributed by atoms with Gasteiger partial charge in [-0.25, -0.2) is 0 Å². The maximum atomic E-state index is 5.85. The summed E-state index contributed by atoms with van der Waals surface area (Å²) in [5.74, 6) is 0.850. The molecular weight excluding hydrogens is 232 g/mol. The fourth-order valence-electron chi connectivity index (χ4n) is 1.89. The molecule has 0 spiro atoms. The summed E-state index contributed by atoms with van der Waals surface area (Å²) in [6.07, 6.45) is 2.72. The van der Waals surface area contributed by atoms with E-state index < -0.39 is 0 Å². The Bertz CT molecular complexity index is 311. The molecule has 4 heteroatoms. The lowest BCUT2D eigenvalue weighted by atomic mass is 10.2. The van der Waals surface area contributed by atoms with Gasteiger partial charge in [0, 0.05) is 24.6 Å². The zero-order chi connectivity index (χ0) is 12.1. The molecule has 0 saturated heterocycles. The van der Waals surface area contributed by atoms with Gasteiger partial charge in [0.1, 0.15) is 0 Å². The Kier molecular flexibility index (Phi) is 4.98. The van der Waals surface area contributed by atoms with Crippen molar-refractivity contribution in [3.05, 3.63) is 22.4 Å². The van der Waals surface area contributed by atoms with Gasteiger partial charge in [0.2, 0.25) is 0 Å². The monoisotopic (exact) mass is 254 g/mol. The lowest BCUT2D eigenvalue weighted by molar-refractivity contribution is 0.0927. The van der Waals surface area contributed by atoms with Crippen LogP contribution in [0, 0.1) is 5.92 Å². The van der Waals surface area contributed by atoms with Crippen LogP contribution in [-0.4, -0.2) is 38.3 Å². The van der Waals surface area contributed by atoms with Crippen molar-refractivity contribution in [2.24, 2.45) is 11.7 Å². The van der Waals surface area contributed by atoms with Gasteiger partial charge in [-0.2, -0.15) is 0 Å². The van der Waals surface area contributed by atoms with Crippen molar-refractivity contribution in [1.82, 2.24) is 4.90 Å². The predicted molar refractivity (Wildman–Crippen MR) is 72.3 cm³/mol. The second-order valence-electron chi connectivity index (χ2n) is 4.77. The largest absolute Gasteiger partial charge is 0.380 e. The lowest BCUT2D eigenvalue weighted by Crippen LogP contribution is -2.32. The highest BCUT2D eigenvalue weighted by Gasteiger charge is 2.21. The summed E-state index contributed by atoms with van der Waals surface area (Å²) in [7, 11) is 2.12. The Morgan fingerprint density at radius 2 is 2.41 bits per heavy atom. The zero-order valence-corrected chi connectivity index (χ0v) is 11.3. The highest BCUT2D eigenvalue weighted by atomic mass is 32.1. The second-order valence-corrected chi connectivity index (χ2v) is 5.75. The third kappa shape index (κ3) is 4.07. The van der Waals surface area contributed by atoms with Gasteiger partial charge in [-0.3, -0.25) is 4.90 Å². The first-order chi connectivity index (χ1) is 8.31. The van der Waals surface area contributed by atoms with Crippen molar-refractivity contribution >= 4 is 11.3 Å². The van der Waals surface area contributed by atoms with Crippen LogP contribution in [0.1, 0.15) is 23.8 Å². The van der Waals surface area contributed by atoms with Gasteiger partial charge in [0.25, 0.3) is 0 Å². The van der Waals surface area contributed by atoms with E-state index in [1.807, 2.05) is 0 Å². The molecule has 1 saturated carbocycles. The molecular formula is C13H22N2OS. The van der Waals surface area contributed by atoms with Crippen LogP contribution >= 0.6 is 11.3 Å². The molecule has 96 valence electrons. The smallest absolute Gasteiger partial charge is 0.0593 e. The molecule has 17 heavy (non-hydrogen) atoms. The minimum atomic E-state index is 0.333. The van der Waals surface area contributed by atoms with Crippen LogP contribution in [0.2, 0.25) is 0 Å². The standard InChI is InChI=1S/C13H22N2OS/c1-15(6-7-16-10-11-4-5-11)12(9-14)13-3-2-8-17-13/h2-3,8,11-12H,4-7,9-10,14H2,1H3. The molecule has 0 aliphatic heterocycles. The second kappa shape index (κ2) is 6.50. The van der Waals surface area contributed by atoms with Crippen molar-refractivity contribution in [3.8, 4) is 0 Å². The number of likely N-dealkylation sites (N-methyl/N-ethyl adjacent to an activating group) is 1. The molecule has 1 aromatic rings. The van der Waals surface area contributed by atoms with Crippen molar-refractivity contribution in [2.75, 3.05) is 33.4 Å². The van der Waals surface area contributed by atoms with Gasteiger partial charge >= 0.3 is 0 Å². The lowest BCUT2D eigenvalue weighted by Gasteiger charge is -2.25. The third-order valence-corrected chi connectivity index (χ3v) is 4.24. The predicted octanol–water partition coefficient (Wildman–Crippen LogP) is 2.11. The van der Waals surface area contributed by atoms with E-state index >= 15 is 0 Å². The van der Waals surface area contributed by atoms with Crippen molar-refractivity contribution < 1.29 is 4.74 Å². The van der Waals surface area contributed by atoms with E-state index in [0.717, 1.165) is 25.7 Å². The van der Waals surface area contributed by atoms with Gasteiger partial charge in [0.05, 0.1) is 12.6 Å². The topological polar surface area (TPSA) is 38.5 Å². The average Bonchev–Trinajstić information content (AvgIpc) is 3.00. The Hall–Kier alpha value is -0.420. The number of thiophene rings is 1. The number of rotatable bonds is 8.